The third kappa shape index (κ3) is 5.64. The number of fused-ring (bicyclic) bond motifs is 1. The van der Waals surface area contributed by atoms with Crippen LogP contribution in [0.5, 0.6) is 0 Å². The number of amides is 2. The van der Waals surface area contributed by atoms with Crippen molar-refractivity contribution in [3.05, 3.63) is 89.4 Å². The molecule has 2 aliphatic rings. The number of halogens is 2. The van der Waals surface area contributed by atoms with Gasteiger partial charge in [0.25, 0.3) is 0 Å². The van der Waals surface area contributed by atoms with Crippen LogP contribution in [0.3, 0.4) is 0 Å². The zero-order valence-electron chi connectivity index (χ0n) is 20.0. The third-order valence-electron chi connectivity index (χ3n) is 6.15. The van der Waals surface area contributed by atoms with Gasteiger partial charge in [0.15, 0.2) is 0 Å². The smallest absolute Gasteiger partial charge is 0.326 e. The molecule has 0 aromatic heterocycles. The van der Waals surface area contributed by atoms with Crippen LogP contribution in [-0.2, 0) is 16.4 Å². The summed E-state index contributed by atoms with van der Waals surface area (Å²) in [6, 6.07) is 11.9. The predicted octanol–water partition coefficient (Wildman–Crippen LogP) is 4.87. The largest absolute Gasteiger partial charge is 0.369 e. The maximum Gasteiger partial charge on any atom is 0.326 e. The quantitative estimate of drug-likeness (QED) is 0.541. The lowest BCUT2D eigenvalue weighted by Crippen LogP contribution is -2.48. The SMILES string of the molecule is C=C(F)C=C(C=CC)NC(=O)N1CCc2cc(S(=O)(=O)N3CCN(c4cccc(Cl)c4)CC3)ccc21. The number of piperazine rings is 1. The first-order chi connectivity index (χ1) is 17.2. The zero-order valence-corrected chi connectivity index (χ0v) is 21.5. The van der Waals surface area contributed by atoms with Crippen molar-refractivity contribution in [2.24, 2.45) is 0 Å². The van der Waals surface area contributed by atoms with E-state index in [-0.39, 0.29) is 10.6 Å². The predicted molar refractivity (Wildman–Crippen MR) is 142 cm³/mol. The van der Waals surface area contributed by atoms with Gasteiger partial charge in [-0.2, -0.15) is 4.31 Å². The summed E-state index contributed by atoms with van der Waals surface area (Å²) in [6.07, 6.45) is 4.91. The normalized spacial score (nSPS) is 16.9. The molecule has 36 heavy (non-hydrogen) atoms. The van der Waals surface area contributed by atoms with Crippen LogP contribution >= 0.6 is 11.6 Å². The molecular formula is C26H28ClFN4O3S. The van der Waals surface area contributed by atoms with E-state index in [1.54, 1.807) is 31.2 Å². The molecule has 0 unspecified atom stereocenters. The molecule has 190 valence electrons. The van der Waals surface area contributed by atoms with Crippen LogP contribution in [0.25, 0.3) is 0 Å². The van der Waals surface area contributed by atoms with Crippen molar-refractivity contribution >= 4 is 39.0 Å². The number of anilines is 2. The molecule has 2 amide bonds. The molecule has 4 rings (SSSR count). The molecule has 0 aliphatic carbocycles. The maximum atomic E-state index is 13.4. The molecule has 2 aromatic rings. The molecule has 0 radical (unpaired) electrons. The van der Waals surface area contributed by atoms with Crippen LogP contribution in [0.15, 0.2) is 83.7 Å². The first-order valence-corrected chi connectivity index (χ1v) is 13.4. The van der Waals surface area contributed by atoms with Crippen molar-refractivity contribution in [3.8, 4) is 0 Å². The lowest BCUT2D eigenvalue weighted by Gasteiger charge is -2.35. The van der Waals surface area contributed by atoms with Crippen molar-refractivity contribution in [2.75, 3.05) is 42.5 Å². The molecule has 0 atom stereocenters. The molecule has 2 aliphatic heterocycles. The van der Waals surface area contributed by atoms with Crippen LogP contribution in [0.4, 0.5) is 20.6 Å². The van der Waals surface area contributed by atoms with E-state index < -0.39 is 21.9 Å². The Labute approximate surface area is 216 Å². The van der Waals surface area contributed by atoms with Gasteiger partial charge in [-0.25, -0.2) is 17.6 Å². The minimum absolute atomic E-state index is 0.211. The second kappa shape index (κ2) is 10.9. The summed E-state index contributed by atoms with van der Waals surface area (Å²) in [4.78, 5) is 16.7. The molecule has 1 saturated heterocycles. The third-order valence-corrected chi connectivity index (χ3v) is 8.28. The van der Waals surface area contributed by atoms with E-state index in [4.69, 9.17) is 11.6 Å². The van der Waals surface area contributed by atoms with Crippen molar-refractivity contribution in [3.63, 3.8) is 0 Å². The highest BCUT2D eigenvalue weighted by molar-refractivity contribution is 7.89. The molecule has 10 heteroatoms. The summed E-state index contributed by atoms with van der Waals surface area (Å²) in [6.45, 7) is 7.19. The fourth-order valence-electron chi connectivity index (χ4n) is 4.42. The summed E-state index contributed by atoms with van der Waals surface area (Å²) in [7, 11) is -3.68. The summed E-state index contributed by atoms with van der Waals surface area (Å²) >= 11 is 6.09. The molecule has 2 heterocycles. The molecule has 0 spiro atoms. The van der Waals surface area contributed by atoms with Crippen molar-refractivity contribution < 1.29 is 17.6 Å². The number of carbonyl (C=O) groups excluding carboxylic acids is 1. The van der Waals surface area contributed by atoms with Gasteiger partial charge < -0.3 is 10.2 Å². The molecule has 1 fully saturated rings. The second-order valence-electron chi connectivity index (χ2n) is 8.54. The highest BCUT2D eigenvalue weighted by atomic mass is 35.5. The summed E-state index contributed by atoms with van der Waals surface area (Å²) in [5.41, 5.74) is 2.66. The van der Waals surface area contributed by atoms with Gasteiger partial charge in [0, 0.05) is 54.8 Å². The zero-order chi connectivity index (χ0) is 25.9. The molecule has 2 aromatic carbocycles. The topological polar surface area (TPSA) is 73.0 Å². The van der Waals surface area contributed by atoms with Crippen LogP contribution in [0.1, 0.15) is 12.5 Å². The van der Waals surface area contributed by atoms with Gasteiger partial charge in [-0.3, -0.25) is 4.90 Å². The molecule has 0 bridgehead atoms. The highest BCUT2D eigenvalue weighted by Gasteiger charge is 2.31. The van der Waals surface area contributed by atoms with Crippen LogP contribution in [0.2, 0.25) is 5.02 Å². The van der Waals surface area contributed by atoms with Gasteiger partial charge in [0.05, 0.1) is 4.90 Å². The summed E-state index contributed by atoms with van der Waals surface area (Å²) in [5.74, 6) is -0.673. The van der Waals surface area contributed by atoms with E-state index in [9.17, 15) is 17.6 Å². The Bertz CT molecular complexity index is 1330. The van der Waals surface area contributed by atoms with Crippen molar-refractivity contribution in [1.29, 1.82) is 0 Å². The molecule has 0 saturated carbocycles. The van der Waals surface area contributed by atoms with E-state index in [1.165, 1.54) is 15.3 Å². The van der Waals surface area contributed by atoms with E-state index in [2.05, 4.69) is 16.8 Å². The van der Waals surface area contributed by atoms with E-state index in [0.29, 0.717) is 49.9 Å². The molecule has 7 nitrogen and oxygen atoms in total. The first kappa shape index (κ1) is 25.9. The van der Waals surface area contributed by atoms with Gasteiger partial charge in [-0.05, 0) is 67.5 Å². The maximum absolute atomic E-state index is 13.4. The Morgan fingerprint density at radius 1 is 1.11 bits per heavy atom. The fraction of sp³-hybridized carbons (Fsp3) is 0.269. The van der Waals surface area contributed by atoms with Crippen LogP contribution in [-0.4, -0.2) is 51.5 Å². The minimum Gasteiger partial charge on any atom is -0.369 e. The van der Waals surface area contributed by atoms with Gasteiger partial charge in [-0.15, -0.1) is 0 Å². The van der Waals surface area contributed by atoms with Gasteiger partial charge in [0.2, 0.25) is 10.0 Å². The Balaban J connectivity index is 1.46. The van der Waals surface area contributed by atoms with Crippen LogP contribution < -0.4 is 15.1 Å². The van der Waals surface area contributed by atoms with E-state index in [0.717, 1.165) is 17.3 Å². The van der Waals surface area contributed by atoms with Gasteiger partial charge in [0.1, 0.15) is 5.83 Å². The Morgan fingerprint density at radius 2 is 1.86 bits per heavy atom. The lowest BCUT2D eigenvalue weighted by atomic mass is 10.2. The first-order valence-electron chi connectivity index (χ1n) is 11.6. The van der Waals surface area contributed by atoms with E-state index >= 15 is 0 Å². The number of sulfonamides is 1. The number of allylic oxidation sites excluding steroid dienone is 4. The van der Waals surface area contributed by atoms with Gasteiger partial charge in [-0.1, -0.05) is 30.3 Å². The number of urea groups is 1. The summed E-state index contributed by atoms with van der Waals surface area (Å²) in [5, 5.41) is 3.31. The monoisotopic (exact) mass is 530 g/mol. The van der Waals surface area contributed by atoms with Crippen LogP contribution in [0, 0.1) is 0 Å². The average Bonchev–Trinajstić information content (AvgIpc) is 3.27. The fourth-order valence-corrected chi connectivity index (χ4v) is 6.08. The number of hydrogen-bond acceptors (Lipinski definition) is 4. The van der Waals surface area contributed by atoms with Crippen molar-refractivity contribution in [1.82, 2.24) is 9.62 Å². The second-order valence-corrected chi connectivity index (χ2v) is 10.9. The average molecular weight is 531 g/mol. The highest BCUT2D eigenvalue weighted by Crippen LogP contribution is 2.32. The number of rotatable bonds is 6. The number of benzene rings is 2. The number of hydrogen-bond donors (Lipinski definition) is 1. The number of nitrogens with zero attached hydrogens (tertiary/aromatic N) is 3. The van der Waals surface area contributed by atoms with E-state index in [1.807, 2.05) is 24.3 Å². The Morgan fingerprint density at radius 3 is 2.53 bits per heavy atom. The Kier molecular flexibility index (Phi) is 7.82. The number of carbonyl (C=O) groups is 1. The standard InChI is InChI=1S/C26H28ClFN4O3S/c1-3-5-22(16-19(2)28)29-26(33)32-11-10-20-17-24(8-9-25(20)32)36(34,35)31-14-12-30(13-15-31)23-7-4-6-21(27)18-23/h3-9,16-18H,2,10-15H2,1H3,(H,29,33). The molecule has 1 N–H and O–H groups in total. The number of nitrogens with one attached hydrogen (secondary N) is 1. The lowest BCUT2D eigenvalue weighted by molar-refractivity contribution is 0.249. The Hall–Kier alpha value is -3.14. The van der Waals surface area contributed by atoms with Gasteiger partial charge >= 0.3 is 6.03 Å². The summed E-state index contributed by atoms with van der Waals surface area (Å²) < 4.78 is 41.4. The van der Waals surface area contributed by atoms with Crippen molar-refractivity contribution in [2.45, 2.75) is 18.2 Å². The molecular weight excluding hydrogens is 503 g/mol. The minimum atomic E-state index is -3.68.